The number of nitrogens with two attached hydrogens (primary N) is 1. The monoisotopic (exact) mass is 450 g/mol. The van der Waals surface area contributed by atoms with E-state index in [1.807, 2.05) is 20.8 Å². The van der Waals surface area contributed by atoms with Crippen LogP contribution in [-0.4, -0.2) is 64.0 Å². The Kier molecular flexibility index (Phi) is 13.0. The van der Waals surface area contributed by atoms with Gasteiger partial charge in [-0.05, 0) is 26.2 Å². The topological polar surface area (TPSA) is 151 Å². The van der Waals surface area contributed by atoms with Crippen molar-refractivity contribution in [2.45, 2.75) is 76.8 Å². The Morgan fingerprint density at radius 1 is 1.03 bits per heavy atom. The van der Waals surface area contributed by atoms with Crippen LogP contribution in [0.4, 0.5) is 0 Å². The largest absolute Gasteiger partial charge is 0.384 e. The molecule has 3 atom stereocenters. The molecular weight excluding hydrogens is 416 g/mol. The molecule has 0 fully saturated rings. The van der Waals surface area contributed by atoms with E-state index in [-0.39, 0.29) is 10.7 Å². The van der Waals surface area contributed by atoms with Crippen LogP contribution in [0.25, 0.3) is 0 Å². The number of carbonyl (C=O) groups excluding carboxylic acids is 4. The molecule has 0 radical (unpaired) electrons. The Morgan fingerprint density at radius 2 is 1.62 bits per heavy atom. The first-order valence-electron chi connectivity index (χ1n) is 9.46. The molecule has 6 N–H and O–H groups in total. The lowest BCUT2D eigenvalue weighted by molar-refractivity contribution is -0.134. The molecule has 0 saturated heterocycles. The van der Waals surface area contributed by atoms with E-state index in [0.717, 1.165) is 0 Å². The highest BCUT2D eigenvalue weighted by atomic mass is 33.1. The number of unbranched alkanes of at least 4 members (excludes halogenated alkanes) is 1. The Morgan fingerprint density at radius 3 is 2.10 bits per heavy atom. The van der Waals surface area contributed by atoms with Crippen LogP contribution in [-0.2, 0) is 19.2 Å². The van der Waals surface area contributed by atoms with Gasteiger partial charge in [0.25, 0.3) is 0 Å². The molecule has 0 aromatic carbocycles. The molecule has 3 unspecified atom stereocenters. The highest BCUT2D eigenvalue weighted by Crippen LogP contribution is 2.35. The van der Waals surface area contributed by atoms with Crippen LogP contribution < -0.4 is 21.7 Å². The number of aliphatic hydroxyl groups is 1. The zero-order valence-electron chi connectivity index (χ0n) is 17.7. The summed E-state index contributed by atoms with van der Waals surface area (Å²) in [6, 6.07) is -1.80. The number of rotatable bonds is 13. The van der Waals surface area contributed by atoms with Gasteiger partial charge in [-0.15, -0.1) is 0 Å². The van der Waals surface area contributed by atoms with Crippen molar-refractivity contribution in [2.75, 3.05) is 12.3 Å². The van der Waals surface area contributed by atoms with Crippen molar-refractivity contribution in [1.29, 1.82) is 0 Å². The molecule has 0 aliphatic carbocycles. The van der Waals surface area contributed by atoms with Gasteiger partial charge in [-0.25, -0.2) is 0 Å². The van der Waals surface area contributed by atoms with Crippen LogP contribution >= 0.6 is 21.6 Å². The fourth-order valence-corrected chi connectivity index (χ4v) is 4.52. The van der Waals surface area contributed by atoms with Gasteiger partial charge in [-0.2, -0.15) is 0 Å². The number of nitrogens with one attached hydrogen (secondary N) is 3. The number of primary amides is 1. The minimum atomic E-state index is -1.27. The van der Waals surface area contributed by atoms with Crippen molar-refractivity contribution in [3.05, 3.63) is 0 Å². The first-order chi connectivity index (χ1) is 13.3. The summed E-state index contributed by atoms with van der Waals surface area (Å²) in [4.78, 5) is 47.1. The SMILES string of the molecule is CC(=O)NCCCCC(NC(=O)C(C)O)C(=O)NC(CSSC(C)(C)C)C(N)=O. The van der Waals surface area contributed by atoms with Gasteiger partial charge < -0.3 is 26.8 Å². The number of hydrogen-bond acceptors (Lipinski definition) is 7. The molecular formula is C18H34N4O5S2. The Balaban J connectivity index is 4.87. The summed E-state index contributed by atoms with van der Waals surface area (Å²) in [6.07, 6.45) is 0.189. The second-order valence-corrected chi connectivity index (χ2v) is 10.8. The average Bonchev–Trinajstić information content (AvgIpc) is 2.57. The number of carbonyl (C=O) groups is 4. The Labute approximate surface area is 180 Å². The quantitative estimate of drug-likeness (QED) is 0.200. The Hall–Kier alpha value is -1.46. The van der Waals surface area contributed by atoms with Gasteiger partial charge in [0.1, 0.15) is 18.2 Å². The van der Waals surface area contributed by atoms with Crippen molar-refractivity contribution in [3.63, 3.8) is 0 Å². The summed E-state index contributed by atoms with van der Waals surface area (Å²) < 4.78 is -0.0153. The molecule has 0 spiro atoms. The average molecular weight is 451 g/mol. The van der Waals surface area contributed by atoms with Crippen molar-refractivity contribution in [1.82, 2.24) is 16.0 Å². The van der Waals surface area contributed by atoms with Gasteiger partial charge in [0.15, 0.2) is 0 Å². The maximum absolute atomic E-state index is 12.6. The van der Waals surface area contributed by atoms with E-state index in [1.54, 1.807) is 10.8 Å². The lowest BCUT2D eigenvalue weighted by Gasteiger charge is -2.23. The van der Waals surface area contributed by atoms with Crippen LogP contribution in [0.3, 0.4) is 0 Å². The van der Waals surface area contributed by atoms with E-state index in [9.17, 15) is 24.3 Å². The Bertz CT molecular complexity index is 567. The van der Waals surface area contributed by atoms with E-state index >= 15 is 0 Å². The van der Waals surface area contributed by atoms with Crippen molar-refractivity contribution in [2.24, 2.45) is 5.73 Å². The van der Waals surface area contributed by atoms with Crippen molar-refractivity contribution >= 4 is 45.2 Å². The highest BCUT2D eigenvalue weighted by Gasteiger charge is 2.27. The molecule has 0 aromatic rings. The first-order valence-corrected chi connectivity index (χ1v) is 11.8. The molecule has 29 heavy (non-hydrogen) atoms. The molecule has 0 bridgehead atoms. The lowest BCUT2D eigenvalue weighted by atomic mass is 10.1. The third-order valence-corrected chi connectivity index (χ3v) is 6.86. The molecule has 0 aliphatic rings. The summed E-state index contributed by atoms with van der Waals surface area (Å²) >= 11 is 0. The van der Waals surface area contributed by atoms with Gasteiger partial charge >= 0.3 is 0 Å². The molecule has 11 heteroatoms. The number of amides is 4. The van der Waals surface area contributed by atoms with Gasteiger partial charge in [0, 0.05) is 24.0 Å². The third kappa shape index (κ3) is 14.2. The summed E-state index contributed by atoms with van der Waals surface area (Å²) in [5.41, 5.74) is 5.41. The molecule has 0 heterocycles. The molecule has 9 nitrogen and oxygen atoms in total. The number of aliphatic hydroxyl groups excluding tert-OH is 1. The minimum absolute atomic E-state index is 0.0153. The molecule has 168 valence electrons. The van der Waals surface area contributed by atoms with Gasteiger partial charge in [0.2, 0.25) is 23.6 Å². The van der Waals surface area contributed by atoms with Gasteiger partial charge in [0.05, 0.1) is 0 Å². The van der Waals surface area contributed by atoms with Crippen molar-refractivity contribution < 1.29 is 24.3 Å². The fourth-order valence-electron chi connectivity index (χ4n) is 2.05. The summed E-state index contributed by atoms with van der Waals surface area (Å²) in [6.45, 7) is 9.27. The summed E-state index contributed by atoms with van der Waals surface area (Å²) in [5, 5.41) is 17.2. The van der Waals surface area contributed by atoms with E-state index in [1.165, 1.54) is 24.6 Å². The second kappa shape index (κ2) is 13.7. The number of hydrogen-bond donors (Lipinski definition) is 5. The van der Waals surface area contributed by atoms with E-state index in [4.69, 9.17) is 5.73 Å². The zero-order chi connectivity index (χ0) is 22.6. The van der Waals surface area contributed by atoms with E-state index < -0.39 is 35.9 Å². The first kappa shape index (κ1) is 27.5. The van der Waals surface area contributed by atoms with E-state index in [2.05, 4.69) is 16.0 Å². The maximum Gasteiger partial charge on any atom is 0.249 e. The maximum atomic E-state index is 12.6. The highest BCUT2D eigenvalue weighted by molar-refractivity contribution is 8.77. The standard InChI is InChI=1S/C18H34N4O5S2/c1-11(23)16(26)21-13(8-6-7-9-20-12(2)24)17(27)22-14(15(19)25)10-28-29-18(3,4)5/h11,13-14,23H,6-10H2,1-5H3,(H2,19,25)(H,20,24)(H,21,26)(H,22,27). The molecule has 0 aromatic heterocycles. The lowest BCUT2D eigenvalue weighted by Crippen LogP contribution is -2.54. The molecule has 0 aliphatic heterocycles. The third-order valence-electron chi connectivity index (χ3n) is 3.51. The minimum Gasteiger partial charge on any atom is -0.384 e. The predicted octanol–water partition coefficient (Wildman–Crippen LogP) is 0.308. The summed E-state index contributed by atoms with van der Waals surface area (Å²) in [7, 11) is 3.00. The van der Waals surface area contributed by atoms with Crippen LogP contribution in [0.15, 0.2) is 0 Å². The summed E-state index contributed by atoms with van der Waals surface area (Å²) in [5.74, 6) is -1.73. The fraction of sp³-hybridized carbons (Fsp3) is 0.778. The second-order valence-electron chi connectivity index (χ2n) is 7.66. The molecule has 0 saturated carbocycles. The van der Waals surface area contributed by atoms with Crippen LogP contribution in [0.2, 0.25) is 0 Å². The van der Waals surface area contributed by atoms with Gasteiger partial charge in [-0.3, -0.25) is 19.2 Å². The van der Waals surface area contributed by atoms with Crippen LogP contribution in [0, 0.1) is 0 Å². The van der Waals surface area contributed by atoms with Crippen LogP contribution in [0.5, 0.6) is 0 Å². The van der Waals surface area contributed by atoms with Crippen LogP contribution in [0.1, 0.15) is 53.9 Å². The predicted molar refractivity (Wildman–Crippen MR) is 117 cm³/mol. The van der Waals surface area contributed by atoms with Gasteiger partial charge in [-0.1, -0.05) is 42.4 Å². The normalized spacial score (nSPS) is 14.4. The molecule has 4 amide bonds. The van der Waals surface area contributed by atoms with E-state index in [0.29, 0.717) is 31.6 Å². The zero-order valence-corrected chi connectivity index (χ0v) is 19.4. The smallest absolute Gasteiger partial charge is 0.249 e. The van der Waals surface area contributed by atoms with Crippen molar-refractivity contribution in [3.8, 4) is 0 Å². The molecule has 0 rings (SSSR count).